The lowest BCUT2D eigenvalue weighted by molar-refractivity contribution is -0.385. The molecule has 0 fully saturated rings. The summed E-state index contributed by atoms with van der Waals surface area (Å²) in [5, 5.41) is 30.8. The van der Waals surface area contributed by atoms with Crippen LogP contribution in [0.2, 0.25) is 0 Å². The Bertz CT molecular complexity index is 720. The van der Waals surface area contributed by atoms with Crippen LogP contribution in [0.1, 0.15) is 5.56 Å². The molecule has 12 heteroatoms. The third kappa shape index (κ3) is 3.33. The number of nitrogens with zero attached hydrogens (tertiary/aromatic N) is 6. The number of nitro groups is 1. The van der Waals surface area contributed by atoms with Gasteiger partial charge in [0, 0.05) is 5.56 Å². The van der Waals surface area contributed by atoms with Gasteiger partial charge in [0.2, 0.25) is 5.16 Å². The molecule has 0 amide bonds. The highest BCUT2D eigenvalue weighted by molar-refractivity contribution is 9.10. The predicted octanol–water partition coefficient (Wildman–Crippen LogP) is 1.28. The molecule has 0 bridgehead atoms. The molecular formula is C9H7BrN6O4S. The first-order valence-electron chi connectivity index (χ1n) is 5.35. The van der Waals surface area contributed by atoms with Crippen LogP contribution in [0.25, 0.3) is 0 Å². The second kappa shape index (κ2) is 6.13. The molecule has 0 aliphatic carbocycles. The van der Waals surface area contributed by atoms with Gasteiger partial charge in [-0.15, -0.1) is 5.10 Å². The van der Waals surface area contributed by atoms with Crippen molar-refractivity contribution in [3.05, 3.63) is 26.3 Å². The van der Waals surface area contributed by atoms with E-state index in [4.69, 9.17) is 5.11 Å². The Balaban J connectivity index is 2.33. The third-order valence-electron chi connectivity index (χ3n) is 2.37. The van der Waals surface area contributed by atoms with Crippen molar-refractivity contribution in [1.29, 1.82) is 0 Å². The smallest absolute Gasteiger partial charge is 0.325 e. The van der Waals surface area contributed by atoms with Crippen LogP contribution in [-0.2, 0) is 11.3 Å². The Labute approximate surface area is 129 Å². The summed E-state index contributed by atoms with van der Waals surface area (Å²) in [5.41, 5.74) is 0.297. The summed E-state index contributed by atoms with van der Waals surface area (Å²) in [5.74, 6) is -1.09. The molecule has 2 rings (SSSR count). The van der Waals surface area contributed by atoms with Crippen LogP contribution >= 0.6 is 27.7 Å². The lowest BCUT2D eigenvalue weighted by atomic mass is 10.3. The third-order valence-corrected chi connectivity index (χ3v) is 4.58. The summed E-state index contributed by atoms with van der Waals surface area (Å²) >= 11 is 4.25. The highest BCUT2D eigenvalue weighted by Crippen LogP contribution is 2.35. The zero-order chi connectivity index (χ0) is 15.6. The van der Waals surface area contributed by atoms with Gasteiger partial charge in [0.05, 0.1) is 9.40 Å². The van der Waals surface area contributed by atoms with Gasteiger partial charge in [-0.3, -0.25) is 14.9 Å². The summed E-state index contributed by atoms with van der Waals surface area (Å²) in [7, 11) is 0. The second-order valence-corrected chi connectivity index (χ2v) is 5.51. The Morgan fingerprint density at radius 3 is 2.95 bits per heavy atom. The Morgan fingerprint density at radius 1 is 1.62 bits per heavy atom. The molecule has 21 heavy (non-hydrogen) atoms. The predicted molar refractivity (Wildman–Crippen MR) is 72.9 cm³/mol. The molecule has 110 valence electrons. The normalized spacial score (nSPS) is 10.6. The molecule has 1 N–H and O–H groups in total. The zero-order valence-corrected chi connectivity index (χ0v) is 12.8. The number of hydrogen-bond donors (Lipinski definition) is 1. The van der Waals surface area contributed by atoms with Gasteiger partial charge >= 0.3 is 5.97 Å². The summed E-state index contributed by atoms with van der Waals surface area (Å²) < 4.78 is 1.53. The maximum Gasteiger partial charge on any atom is 0.325 e. The van der Waals surface area contributed by atoms with Crippen LogP contribution in [0.3, 0.4) is 0 Å². The maximum atomic E-state index is 10.8. The number of aromatic nitrogens is 5. The number of aliphatic carboxylic acids is 1. The molecular weight excluding hydrogens is 368 g/mol. The first-order valence-corrected chi connectivity index (χ1v) is 6.96. The van der Waals surface area contributed by atoms with Crippen molar-refractivity contribution in [2.24, 2.45) is 0 Å². The van der Waals surface area contributed by atoms with Gasteiger partial charge in [0.15, 0.2) is 0 Å². The number of hydrogen-bond acceptors (Lipinski definition) is 8. The molecule has 2 aromatic rings. The van der Waals surface area contributed by atoms with Crippen LogP contribution in [0.5, 0.6) is 0 Å². The van der Waals surface area contributed by atoms with E-state index in [0.717, 1.165) is 22.6 Å². The van der Waals surface area contributed by atoms with Crippen LogP contribution in [0.4, 0.5) is 5.69 Å². The fourth-order valence-electron chi connectivity index (χ4n) is 1.38. The maximum absolute atomic E-state index is 10.8. The van der Waals surface area contributed by atoms with Crippen molar-refractivity contribution in [3.63, 3.8) is 0 Å². The SMILES string of the molecule is Cc1c([N+](=O)[O-])cnc(Sc2nnnn2CC(=O)O)c1Br. The quantitative estimate of drug-likeness (QED) is 0.605. The van der Waals surface area contributed by atoms with Crippen molar-refractivity contribution in [3.8, 4) is 0 Å². The van der Waals surface area contributed by atoms with E-state index in [1.54, 1.807) is 6.92 Å². The molecule has 0 aliphatic rings. The van der Waals surface area contributed by atoms with Crippen LogP contribution in [0.15, 0.2) is 20.9 Å². The van der Waals surface area contributed by atoms with Crippen molar-refractivity contribution >= 4 is 39.3 Å². The van der Waals surface area contributed by atoms with Gasteiger partial charge in [-0.05, 0) is 45.0 Å². The highest BCUT2D eigenvalue weighted by Gasteiger charge is 2.20. The molecule has 10 nitrogen and oxygen atoms in total. The average molecular weight is 375 g/mol. The Kier molecular flexibility index (Phi) is 4.47. The Hall–Kier alpha value is -2.08. The lowest BCUT2D eigenvalue weighted by Crippen LogP contribution is -2.11. The zero-order valence-electron chi connectivity index (χ0n) is 10.4. The van der Waals surface area contributed by atoms with E-state index in [0.29, 0.717) is 15.1 Å². The first kappa shape index (κ1) is 15.3. The van der Waals surface area contributed by atoms with Crippen LogP contribution in [0, 0.1) is 17.0 Å². The van der Waals surface area contributed by atoms with Gasteiger partial charge < -0.3 is 5.11 Å². The standard InChI is InChI=1S/C9H7BrN6O4S/c1-4-5(16(19)20)2-11-8(7(4)10)21-9-12-13-14-15(9)3-6(17)18/h2H,3H2,1H3,(H,17,18). The molecule has 0 saturated heterocycles. The summed E-state index contributed by atoms with van der Waals surface area (Å²) in [4.78, 5) is 24.9. The number of tetrazole rings is 1. The van der Waals surface area contributed by atoms with E-state index < -0.39 is 10.9 Å². The van der Waals surface area contributed by atoms with Gasteiger partial charge in [-0.2, -0.15) is 0 Å². The molecule has 0 radical (unpaired) electrons. The van der Waals surface area contributed by atoms with Crippen molar-refractivity contribution < 1.29 is 14.8 Å². The minimum absolute atomic E-state index is 0.114. The Morgan fingerprint density at radius 2 is 2.33 bits per heavy atom. The minimum atomic E-state index is -1.09. The number of carbonyl (C=O) groups is 1. The summed E-state index contributed by atoms with van der Waals surface area (Å²) in [6, 6.07) is 0. The van der Waals surface area contributed by atoms with Crippen molar-refractivity contribution in [2.75, 3.05) is 0 Å². The van der Waals surface area contributed by atoms with E-state index >= 15 is 0 Å². The van der Waals surface area contributed by atoms with Crippen LogP contribution < -0.4 is 0 Å². The molecule has 2 aromatic heterocycles. The number of rotatable bonds is 5. The topological polar surface area (TPSA) is 137 Å². The van der Waals surface area contributed by atoms with Gasteiger partial charge in [-0.25, -0.2) is 9.67 Å². The van der Waals surface area contributed by atoms with Crippen molar-refractivity contribution in [2.45, 2.75) is 23.7 Å². The molecule has 0 atom stereocenters. The molecule has 0 spiro atoms. The van der Waals surface area contributed by atoms with E-state index in [-0.39, 0.29) is 17.4 Å². The fourth-order valence-corrected chi connectivity index (χ4v) is 2.74. The van der Waals surface area contributed by atoms with E-state index in [1.807, 2.05) is 0 Å². The van der Waals surface area contributed by atoms with E-state index in [2.05, 4.69) is 36.4 Å². The molecule has 0 saturated carbocycles. The largest absolute Gasteiger partial charge is 0.480 e. The highest BCUT2D eigenvalue weighted by atomic mass is 79.9. The van der Waals surface area contributed by atoms with Crippen molar-refractivity contribution in [1.82, 2.24) is 25.2 Å². The molecule has 2 heterocycles. The number of pyridine rings is 1. The first-order chi connectivity index (χ1) is 9.90. The summed E-state index contributed by atoms with van der Waals surface area (Å²) in [6.45, 7) is 1.19. The van der Waals surface area contributed by atoms with Gasteiger partial charge in [-0.1, -0.05) is 0 Å². The van der Waals surface area contributed by atoms with E-state index in [1.165, 1.54) is 0 Å². The second-order valence-electron chi connectivity index (χ2n) is 3.76. The fraction of sp³-hybridized carbons (Fsp3) is 0.222. The average Bonchev–Trinajstić information content (AvgIpc) is 2.81. The van der Waals surface area contributed by atoms with Crippen LogP contribution in [-0.4, -0.2) is 41.2 Å². The lowest BCUT2D eigenvalue weighted by Gasteiger charge is -2.05. The summed E-state index contributed by atoms with van der Waals surface area (Å²) in [6.07, 6.45) is 1.13. The monoisotopic (exact) mass is 374 g/mol. The van der Waals surface area contributed by atoms with Gasteiger partial charge in [0.25, 0.3) is 5.69 Å². The number of halogens is 1. The number of carboxylic acid groups (broad SMARTS) is 1. The molecule has 0 aromatic carbocycles. The molecule has 0 unspecified atom stereocenters. The minimum Gasteiger partial charge on any atom is -0.480 e. The number of carboxylic acids is 1. The van der Waals surface area contributed by atoms with Gasteiger partial charge in [0.1, 0.15) is 17.8 Å². The van der Waals surface area contributed by atoms with E-state index in [9.17, 15) is 14.9 Å². The molecule has 0 aliphatic heterocycles.